The van der Waals surface area contributed by atoms with Crippen molar-refractivity contribution in [2.45, 2.75) is 25.3 Å². The summed E-state index contributed by atoms with van der Waals surface area (Å²) in [6.07, 6.45) is 0.558. The van der Waals surface area contributed by atoms with Crippen molar-refractivity contribution >= 4 is 28.8 Å². The molecule has 1 aromatic carbocycles. The first-order valence-corrected chi connectivity index (χ1v) is 7.78. The Morgan fingerprint density at radius 2 is 2.05 bits per heavy atom. The molecule has 3 rings (SSSR count). The van der Waals surface area contributed by atoms with E-state index in [-0.39, 0.29) is 23.8 Å². The van der Waals surface area contributed by atoms with Gasteiger partial charge in [0, 0.05) is 17.1 Å². The summed E-state index contributed by atoms with van der Waals surface area (Å²) in [4.78, 5) is 26.2. The van der Waals surface area contributed by atoms with Crippen LogP contribution in [0.15, 0.2) is 41.1 Å². The second-order valence-electron chi connectivity index (χ2n) is 5.29. The van der Waals surface area contributed by atoms with Crippen LogP contribution in [0, 0.1) is 0 Å². The summed E-state index contributed by atoms with van der Waals surface area (Å²) >= 11 is 1.50. The van der Waals surface area contributed by atoms with E-state index in [4.69, 9.17) is 5.73 Å². The molecule has 1 aliphatic heterocycles. The number of primary amides is 1. The van der Waals surface area contributed by atoms with E-state index < -0.39 is 0 Å². The Kier molecular flexibility index (Phi) is 3.51. The summed E-state index contributed by atoms with van der Waals surface area (Å²) < 4.78 is 0. The number of rotatable bonds is 2. The molecule has 2 amide bonds. The Balaban J connectivity index is 2.07. The molecule has 1 aromatic heterocycles. The molecule has 2 unspecified atom stereocenters. The molecule has 108 valence electrons. The summed E-state index contributed by atoms with van der Waals surface area (Å²) in [6.45, 7) is 1.95. The number of para-hydroxylation sites is 1. The average Bonchev–Trinajstić information content (AvgIpc) is 3.00. The van der Waals surface area contributed by atoms with E-state index in [9.17, 15) is 9.59 Å². The molecule has 0 spiro atoms. The monoisotopic (exact) mass is 300 g/mol. The first-order valence-electron chi connectivity index (χ1n) is 6.83. The van der Waals surface area contributed by atoms with Crippen LogP contribution in [0.1, 0.15) is 35.2 Å². The Labute approximate surface area is 127 Å². The topological polar surface area (TPSA) is 63.4 Å². The van der Waals surface area contributed by atoms with Crippen molar-refractivity contribution in [1.29, 1.82) is 0 Å². The van der Waals surface area contributed by atoms with Crippen LogP contribution >= 0.6 is 11.3 Å². The Morgan fingerprint density at radius 1 is 1.29 bits per heavy atom. The molecule has 2 heterocycles. The summed E-state index contributed by atoms with van der Waals surface area (Å²) in [5, 5.41) is 3.73. The van der Waals surface area contributed by atoms with Gasteiger partial charge in [0.2, 0.25) is 5.91 Å². The van der Waals surface area contributed by atoms with Gasteiger partial charge in [0.1, 0.15) is 0 Å². The highest BCUT2D eigenvalue weighted by Gasteiger charge is 2.36. The predicted octanol–water partition coefficient (Wildman–Crippen LogP) is 2.76. The molecule has 2 N–H and O–H groups in total. The summed E-state index contributed by atoms with van der Waals surface area (Å²) in [7, 11) is 0. The third-order valence-electron chi connectivity index (χ3n) is 3.92. The molecule has 0 radical (unpaired) electrons. The molecular formula is C16H16N2O2S. The number of hydrogen-bond donors (Lipinski definition) is 1. The van der Waals surface area contributed by atoms with Crippen molar-refractivity contribution in [3.63, 3.8) is 0 Å². The third-order valence-corrected chi connectivity index (χ3v) is 4.60. The zero-order chi connectivity index (χ0) is 15.0. The fourth-order valence-electron chi connectivity index (χ4n) is 2.92. The third kappa shape index (κ3) is 2.34. The van der Waals surface area contributed by atoms with Crippen molar-refractivity contribution < 1.29 is 9.59 Å². The molecule has 2 atom stereocenters. The number of benzene rings is 1. The molecule has 0 bridgehead atoms. The van der Waals surface area contributed by atoms with Crippen LogP contribution in [0.2, 0.25) is 0 Å². The first kappa shape index (κ1) is 13.8. The van der Waals surface area contributed by atoms with E-state index in [0.29, 0.717) is 12.0 Å². The minimum atomic E-state index is -0.336. The maximum Gasteiger partial charge on any atom is 0.259 e. The van der Waals surface area contributed by atoms with Gasteiger partial charge in [-0.15, -0.1) is 0 Å². The van der Waals surface area contributed by atoms with Gasteiger partial charge in [0.25, 0.3) is 5.91 Å². The highest BCUT2D eigenvalue weighted by atomic mass is 32.1. The lowest BCUT2D eigenvalue weighted by Crippen LogP contribution is -2.45. The SMILES string of the molecule is CC1CC(C(N)=O)c2ccccc2N1C(=O)c1ccsc1. The average molecular weight is 300 g/mol. The number of hydrogen-bond acceptors (Lipinski definition) is 3. The molecule has 4 nitrogen and oxygen atoms in total. The van der Waals surface area contributed by atoms with E-state index in [0.717, 1.165) is 11.3 Å². The lowest BCUT2D eigenvalue weighted by molar-refractivity contribution is -0.119. The van der Waals surface area contributed by atoms with Crippen LogP contribution in [0.4, 0.5) is 5.69 Å². The first-order chi connectivity index (χ1) is 10.1. The molecule has 2 aromatic rings. The quantitative estimate of drug-likeness (QED) is 0.927. The van der Waals surface area contributed by atoms with E-state index >= 15 is 0 Å². The minimum Gasteiger partial charge on any atom is -0.369 e. The van der Waals surface area contributed by atoms with E-state index in [1.54, 1.807) is 4.90 Å². The number of thiophene rings is 1. The Morgan fingerprint density at radius 3 is 2.71 bits per heavy atom. The lowest BCUT2D eigenvalue weighted by Gasteiger charge is -2.38. The van der Waals surface area contributed by atoms with Crippen LogP contribution in [-0.4, -0.2) is 17.9 Å². The van der Waals surface area contributed by atoms with Crippen LogP contribution in [0.5, 0.6) is 0 Å². The minimum absolute atomic E-state index is 0.0286. The number of nitrogens with zero attached hydrogens (tertiary/aromatic N) is 1. The molecule has 0 saturated heterocycles. The van der Waals surface area contributed by atoms with Gasteiger partial charge in [-0.3, -0.25) is 9.59 Å². The van der Waals surface area contributed by atoms with Gasteiger partial charge in [-0.1, -0.05) is 18.2 Å². The van der Waals surface area contributed by atoms with E-state index in [2.05, 4.69) is 0 Å². The summed E-state index contributed by atoms with van der Waals surface area (Å²) in [5.41, 5.74) is 7.83. The number of anilines is 1. The van der Waals surface area contributed by atoms with E-state index in [1.165, 1.54) is 11.3 Å². The number of fused-ring (bicyclic) bond motifs is 1. The second-order valence-corrected chi connectivity index (χ2v) is 6.07. The molecule has 0 aliphatic carbocycles. The van der Waals surface area contributed by atoms with Crippen LogP contribution in [0.3, 0.4) is 0 Å². The molecule has 0 fully saturated rings. The highest BCUT2D eigenvalue weighted by molar-refractivity contribution is 7.08. The summed E-state index contributed by atoms with van der Waals surface area (Å²) in [5.74, 6) is -0.696. The van der Waals surface area contributed by atoms with Crippen LogP contribution in [-0.2, 0) is 4.79 Å². The molecular weight excluding hydrogens is 284 g/mol. The fourth-order valence-corrected chi connectivity index (χ4v) is 3.55. The van der Waals surface area contributed by atoms with Crippen LogP contribution in [0.25, 0.3) is 0 Å². The predicted molar refractivity (Wildman–Crippen MR) is 83.6 cm³/mol. The van der Waals surface area contributed by atoms with Gasteiger partial charge in [-0.05, 0) is 36.4 Å². The number of carbonyl (C=O) groups is 2. The maximum atomic E-state index is 12.7. The van der Waals surface area contributed by atoms with Gasteiger partial charge in [0.05, 0.1) is 11.5 Å². The number of nitrogens with two attached hydrogens (primary N) is 1. The van der Waals surface area contributed by atoms with Gasteiger partial charge in [-0.2, -0.15) is 11.3 Å². The number of amides is 2. The van der Waals surface area contributed by atoms with Gasteiger partial charge < -0.3 is 10.6 Å². The Bertz CT molecular complexity index is 681. The zero-order valence-corrected chi connectivity index (χ0v) is 12.5. The lowest BCUT2D eigenvalue weighted by atomic mass is 9.85. The van der Waals surface area contributed by atoms with E-state index in [1.807, 2.05) is 48.0 Å². The van der Waals surface area contributed by atoms with Crippen molar-refractivity contribution in [2.24, 2.45) is 5.73 Å². The highest BCUT2D eigenvalue weighted by Crippen LogP contribution is 2.39. The Hall–Kier alpha value is -2.14. The van der Waals surface area contributed by atoms with Crippen molar-refractivity contribution in [2.75, 3.05) is 4.90 Å². The van der Waals surface area contributed by atoms with Crippen molar-refractivity contribution in [3.8, 4) is 0 Å². The van der Waals surface area contributed by atoms with Gasteiger partial charge >= 0.3 is 0 Å². The smallest absolute Gasteiger partial charge is 0.259 e. The van der Waals surface area contributed by atoms with Gasteiger partial charge in [-0.25, -0.2) is 0 Å². The normalized spacial score (nSPS) is 20.9. The standard InChI is InChI=1S/C16H16N2O2S/c1-10-8-13(15(17)19)12-4-2-3-5-14(12)18(10)16(20)11-6-7-21-9-11/h2-7,9-10,13H,8H2,1H3,(H2,17,19). The fraction of sp³-hybridized carbons (Fsp3) is 0.250. The number of carbonyl (C=O) groups excluding carboxylic acids is 2. The second kappa shape index (κ2) is 5.33. The molecule has 5 heteroatoms. The molecule has 0 saturated carbocycles. The largest absolute Gasteiger partial charge is 0.369 e. The molecule has 1 aliphatic rings. The summed E-state index contributed by atoms with van der Waals surface area (Å²) in [6, 6.07) is 9.27. The van der Waals surface area contributed by atoms with Crippen LogP contribution < -0.4 is 10.6 Å². The zero-order valence-electron chi connectivity index (χ0n) is 11.7. The maximum absolute atomic E-state index is 12.7. The van der Waals surface area contributed by atoms with Crippen molar-refractivity contribution in [1.82, 2.24) is 0 Å². The van der Waals surface area contributed by atoms with Crippen molar-refractivity contribution in [3.05, 3.63) is 52.2 Å². The van der Waals surface area contributed by atoms with Gasteiger partial charge in [0.15, 0.2) is 0 Å². The molecule has 21 heavy (non-hydrogen) atoms.